The van der Waals surface area contributed by atoms with E-state index >= 15 is 0 Å². The first-order valence-corrected chi connectivity index (χ1v) is 12.1. The molecule has 7 nitrogen and oxygen atoms in total. The van der Waals surface area contributed by atoms with Gasteiger partial charge in [-0.15, -0.1) is 11.3 Å². The summed E-state index contributed by atoms with van der Waals surface area (Å²) >= 11 is 1.51. The first kappa shape index (κ1) is 23.8. The summed E-state index contributed by atoms with van der Waals surface area (Å²) in [7, 11) is 1.73. The van der Waals surface area contributed by atoms with Crippen molar-refractivity contribution >= 4 is 29.1 Å². The van der Waals surface area contributed by atoms with Crippen LogP contribution in [0.5, 0.6) is 0 Å². The lowest BCUT2D eigenvalue weighted by atomic mass is 9.74. The van der Waals surface area contributed by atoms with Crippen LogP contribution in [0.2, 0.25) is 0 Å². The van der Waals surface area contributed by atoms with Gasteiger partial charge in [-0.1, -0.05) is 30.3 Å². The van der Waals surface area contributed by atoms with Gasteiger partial charge in [-0.05, 0) is 43.5 Å². The van der Waals surface area contributed by atoms with Crippen LogP contribution in [0, 0.1) is 13.8 Å². The van der Waals surface area contributed by atoms with Crippen molar-refractivity contribution in [1.29, 1.82) is 0 Å². The van der Waals surface area contributed by atoms with Crippen LogP contribution in [0.3, 0.4) is 0 Å². The zero-order chi connectivity index (χ0) is 24.5. The van der Waals surface area contributed by atoms with Gasteiger partial charge in [0, 0.05) is 43.4 Å². The fourth-order valence-corrected chi connectivity index (χ4v) is 5.41. The van der Waals surface area contributed by atoms with Crippen molar-refractivity contribution in [3.8, 4) is 0 Å². The van der Waals surface area contributed by atoms with Crippen molar-refractivity contribution < 1.29 is 14.4 Å². The van der Waals surface area contributed by atoms with E-state index in [2.05, 4.69) is 9.97 Å². The number of rotatable bonds is 7. The zero-order valence-corrected chi connectivity index (χ0v) is 20.6. The van der Waals surface area contributed by atoms with E-state index in [0.717, 1.165) is 27.4 Å². The van der Waals surface area contributed by atoms with Crippen LogP contribution < -0.4 is 0 Å². The topological polar surface area (TPSA) is 83.5 Å². The summed E-state index contributed by atoms with van der Waals surface area (Å²) in [6.07, 6.45) is 3.16. The van der Waals surface area contributed by atoms with Gasteiger partial charge in [0.1, 0.15) is 5.01 Å². The summed E-state index contributed by atoms with van der Waals surface area (Å²) < 4.78 is 0. The van der Waals surface area contributed by atoms with E-state index in [4.69, 9.17) is 0 Å². The number of thiazole rings is 1. The summed E-state index contributed by atoms with van der Waals surface area (Å²) in [6.45, 7) is 5.89. The Morgan fingerprint density at radius 1 is 1.21 bits per heavy atom. The van der Waals surface area contributed by atoms with Gasteiger partial charge in [0.2, 0.25) is 17.7 Å². The van der Waals surface area contributed by atoms with E-state index < -0.39 is 5.41 Å². The van der Waals surface area contributed by atoms with Crippen LogP contribution in [-0.2, 0) is 26.3 Å². The molecule has 0 aliphatic carbocycles. The average Bonchev–Trinajstić information content (AvgIpc) is 3.36. The largest absolute Gasteiger partial charge is 0.337 e. The van der Waals surface area contributed by atoms with E-state index in [9.17, 15) is 14.4 Å². The number of aromatic nitrogens is 2. The first-order valence-electron chi connectivity index (χ1n) is 11.2. The van der Waals surface area contributed by atoms with Crippen LogP contribution in [0.15, 0.2) is 54.2 Å². The number of imide groups is 1. The maximum atomic E-state index is 13.9. The van der Waals surface area contributed by atoms with Gasteiger partial charge in [-0.2, -0.15) is 0 Å². The van der Waals surface area contributed by atoms with E-state index in [0.29, 0.717) is 0 Å². The quantitative estimate of drug-likeness (QED) is 0.482. The van der Waals surface area contributed by atoms with Crippen molar-refractivity contribution in [2.75, 3.05) is 7.05 Å². The molecule has 3 amide bonds. The SMILES string of the molecule is Cc1csc([C@@H](C)N(C)C(=O)C[C@]2(c3ccccc3C)CC(=O)N(Cc3cccnc3)C2=O)n1. The van der Waals surface area contributed by atoms with Gasteiger partial charge >= 0.3 is 0 Å². The Morgan fingerprint density at radius 2 is 1.97 bits per heavy atom. The maximum absolute atomic E-state index is 13.9. The minimum atomic E-state index is -1.24. The molecule has 8 heteroatoms. The molecule has 2 atom stereocenters. The molecule has 2 aromatic heterocycles. The molecule has 3 heterocycles. The number of hydrogen-bond donors (Lipinski definition) is 0. The third-order valence-corrected chi connectivity index (χ3v) is 7.69. The Balaban J connectivity index is 1.67. The van der Waals surface area contributed by atoms with Crippen LogP contribution in [0.4, 0.5) is 0 Å². The third-order valence-electron chi connectivity index (χ3n) is 6.55. The number of benzene rings is 1. The molecule has 1 aromatic carbocycles. The molecule has 1 saturated heterocycles. The number of carbonyl (C=O) groups is 3. The van der Waals surface area contributed by atoms with Gasteiger partial charge in [0.05, 0.1) is 18.0 Å². The van der Waals surface area contributed by atoms with Crippen molar-refractivity contribution in [3.63, 3.8) is 0 Å². The van der Waals surface area contributed by atoms with Crippen LogP contribution in [0.25, 0.3) is 0 Å². The van der Waals surface area contributed by atoms with Gasteiger partial charge in [0.15, 0.2) is 0 Å². The summed E-state index contributed by atoms with van der Waals surface area (Å²) in [6, 6.07) is 10.9. The van der Waals surface area contributed by atoms with Gasteiger partial charge in [-0.25, -0.2) is 4.98 Å². The summed E-state index contributed by atoms with van der Waals surface area (Å²) in [4.78, 5) is 52.1. The van der Waals surface area contributed by atoms with Crippen molar-refractivity contribution in [3.05, 3.63) is 81.6 Å². The number of likely N-dealkylation sites (tertiary alicyclic amines) is 1. The first-order chi connectivity index (χ1) is 16.2. The standard InChI is InChI=1S/C26H28N4O3S/c1-17-8-5-6-10-21(17)26(12-22(31)29(4)19(3)24-28-18(2)16-34-24)13-23(32)30(25(26)33)15-20-9-7-11-27-14-20/h5-11,14,16,19H,12-13,15H2,1-4H3/t19-,26-/m1/s1. The Labute approximate surface area is 203 Å². The molecule has 1 aliphatic heterocycles. The molecule has 1 aliphatic rings. The Morgan fingerprint density at radius 3 is 2.62 bits per heavy atom. The summed E-state index contributed by atoms with van der Waals surface area (Å²) in [5.74, 6) is -0.820. The number of amides is 3. The highest BCUT2D eigenvalue weighted by Crippen LogP contribution is 2.42. The van der Waals surface area contributed by atoms with E-state index in [1.165, 1.54) is 16.2 Å². The predicted octanol–water partition coefficient (Wildman–Crippen LogP) is 3.96. The second-order valence-electron chi connectivity index (χ2n) is 8.90. The monoisotopic (exact) mass is 476 g/mol. The molecule has 0 N–H and O–H groups in total. The fourth-order valence-electron chi connectivity index (χ4n) is 4.52. The molecule has 0 saturated carbocycles. The molecule has 0 spiro atoms. The summed E-state index contributed by atoms with van der Waals surface area (Å²) in [5.41, 5.74) is 2.04. The van der Waals surface area contributed by atoms with Gasteiger partial charge < -0.3 is 4.90 Å². The van der Waals surface area contributed by atoms with Crippen molar-refractivity contribution in [2.45, 2.75) is 51.6 Å². The minimum absolute atomic E-state index is 0.0404. The number of nitrogens with zero attached hydrogens (tertiary/aromatic N) is 4. The lowest BCUT2D eigenvalue weighted by Crippen LogP contribution is -2.43. The molecule has 0 radical (unpaired) electrons. The van der Waals surface area contributed by atoms with Crippen molar-refractivity contribution in [1.82, 2.24) is 19.8 Å². The Kier molecular flexibility index (Phi) is 6.61. The lowest BCUT2D eigenvalue weighted by molar-refractivity contribution is -0.143. The second-order valence-corrected chi connectivity index (χ2v) is 9.79. The third kappa shape index (κ3) is 4.37. The van der Waals surface area contributed by atoms with E-state index in [-0.39, 0.29) is 43.1 Å². The highest BCUT2D eigenvalue weighted by Gasteiger charge is 2.54. The number of hydrogen-bond acceptors (Lipinski definition) is 6. The number of aryl methyl sites for hydroxylation is 2. The normalized spacial score (nSPS) is 18.9. The zero-order valence-electron chi connectivity index (χ0n) is 19.8. The Hall–Kier alpha value is -3.39. The van der Waals surface area contributed by atoms with Crippen LogP contribution >= 0.6 is 11.3 Å². The highest BCUT2D eigenvalue weighted by molar-refractivity contribution is 7.09. The smallest absolute Gasteiger partial charge is 0.241 e. The molecular formula is C26H28N4O3S. The molecule has 3 aromatic rings. The van der Waals surface area contributed by atoms with Gasteiger partial charge in [0.25, 0.3) is 0 Å². The lowest BCUT2D eigenvalue weighted by Gasteiger charge is -2.32. The maximum Gasteiger partial charge on any atom is 0.241 e. The Bertz CT molecular complexity index is 1230. The number of carbonyl (C=O) groups excluding carboxylic acids is 3. The molecule has 4 rings (SSSR count). The van der Waals surface area contributed by atoms with Crippen molar-refractivity contribution in [2.24, 2.45) is 0 Å². The summed E-state index contributed by atoms with van der Waals surface area (Å²) in [5, 5.41) is 2.79. The van der Waals surface area contributed by atoms with E-state index in [1.807, 2.05) is 56.5 Å². The molecule has 1 fully saturated rings. The van der Waals surface area contributed by atoms with Crippen LogP contribution in [0.1, 0.15) is 53.2 Å². The predicted molar refractivity (Wildman–Crippen MR) is 130 cm³/mol. The minimum Gasteiger partial charge on any atom is -0.337 e. The molecule has 0 bridgehead atoms. The molecular weight excluding hydrogens is 448 g/mol. The highest BCUT2D eigenvalue weighted by atomic mass is 32.1. The van der Waals surface area contributed by atoms with E-state index in [1.54, 1.807) is 30.4 Å². The van der Waals surface area contributed by atoms with Crippen LogP contribution in [-0.4, -0.2) is 44.5 Å². The fraction of sp³-hybridized carbons (Fsp3) is 0.346. The number of pyridine rings is 1. The second kappa shape index (κ2) is 9.46. The molecule has 34 heavy (non-hydrogen) atoms. The van der Waals surface area contributed by atoms with Gasteiger partial charge in [-0.3, -0.25) is 24.3 Å². The molecule has 176 valence electrons. The molecule has 0 unspecified atom stereocenters. The average molecular weight is 477 g/mol.